The molecule has 6 nitrogen and oxygen atoms in total. The number of carboxylic acid groups (broad SMARTS) is 1. The van der Waals surface area contributed by atoms with E-state index < -0.39 is 5.97 Å². The summed E-state index contributed by atoms with van der Waals surface area (Å²) in [6, 6.07) is 14.0. The molecule has 0 aliphatic heterocycles. The molecule has 2 aromatic rings. The first-order valence-corrected chi connectivity index (χ1v) is 7.48. The van der Waals surface area contributed by atoms with Crippen molar-refractivity contribution in [3.63, 3.8) is 0 Å². The Balaban J connectivity index is 1.99. The molecule has 0 heterocycles. The minimum atomic E-state index is -0.834. The molecule has 0 aliphatic carbocycles. The molecule has 124 valence electrons. The van der Waals surface area contributed by atoms with Crippen molar-refractivity contribution >= 4 is 17.7 Å². The quantitative estimate of drug-likeness (QED) is 0.459. The van der Waals surface area contributed by atoms with E-state index in [0.29, 0.717) is 24.1 Å². The predicted octanol–water partition coefficient (Wildman–Crippen LogP) is 1.92. The van der Waals surface area contributed by atoms with E-state index in [4.69, 9.17) is 16.2 Å². The number of hydrogen-bond donors (Lipinski definition) is 4. The van der Waals surface area contributed by atoms with Crippen LogP contribution in [0.3, 0.4) is 0 Å². The number of carbonyl (C=O) groups excluding carboxylic acids is 1. The Bertz CT molecular complexity index is 772. The van der Waals surface area contributed by atoms with E-state index in [0.717, 1.165) is 11.1 Å². The zero-order valence-corrected chi connectivity index (χ0v) is 13.1. The summed E-state index contributed by atoms with van der Waals surface area (Å²) in [4.78, 5) is 22.8. The number of rotatable bonds is 7. The summed E-state index contributed by atoms with van der Waals surface area (Å²) in [5.74, 6) is -1.18. The van der Waals surface area contributed by atoms with E-state index >= 15 is 0 Å². The smallest absolute Gasteiger partial charge is 0.303 e. The first kappa shape index (κ1) is 17.2. The molecule has 2 aromatic carbocycles. The molecule has 24 heavy (non-hydrogen) atoms. The van der Waals surface area contributed by atoms with Crippen molar-refractivity contribution in [2.24, 2.45) is 5.73 Å². The number of nitrogen functional groups attached to an aromatic ring is 1. The Hall–Kier alpha value is -3.15. The molecule has 0 aliphatic rings. The van der Waals surface area contributed by atoms with E-state index in [-0.39, 0.29) is 18.2 Å². The van der Waals surface area contributed by atoms with E-state index in [1.165, 1.54) is 0 Å². The van der Waals surface area contributed by atoms with Gasteiger partial charge in [-0.15, -0.1) is 0 Å². The molecule has 6 heteroatoms. The highest BCUT2D eigenvalue weighted by atomic mass is 16.4. The van der Waals surface area contributed by atoms with Crippen LogP contribution in [-0.4, -0.2) is 22.8 Å². The van der Waals surface area contributed by atoms with Crippen LogP contribution in [0.2, 0.25) is 0 Å². The molecule has 0 saturated heterocycles. The molecule has 0 unspecified atom stereocenters. The van der Waals surface area contributed by atoms with E-state index in [9.17, 15) is 9.59 Å². The van der Waals surface area contributed by atoms with Gasteiger partial charge in [-0.05, 0) is 29.7 Å². The average molecular weight is 325 g/mol. The molecule has 2 rings (SSSR count). The van der Waals surface area contributed by atoms with Crippen molar-refractivity contribution in [2.75, 3.05) is 0 Å². The number of benzene rings is 2. The maximum Gasteiger partial charge on any atom is 0.303 e. The third-order valence-corrected chi connectivity index (χ3v) is 3.51. The molecule has 0 bridgehead atoms. The third-order valence-electron chi connectivity index (χ3n) is 3.51. The molecule has 0 aromatic heterocycles. The molecule has 0 radical (unpaired) electrons. The Morgan fingerprint density at radius 1 is 1.04 bits per heavy atom. The van der Waals surface area contributed by atoms with Crippen LogP contribution >= 0.6 is 0 Å². The van der Waals surface area contributed by atoms with Gasteiger partial charge in [0.05, 0.1) is 0 Å². The van der Waals surface area contributed by atoms with Crippen molar-refractivity contribution in [3.8, 4) is 0 Å². The highest BCUT2D eigenvalue weighted by Gasteiger charge is 2.07. The lowest BCUT2D eigenvalue weighted by Gasteiger charge is -2.08. The molecule has 0 fully saturated rings. The maximum atomic E-state index is 12.2. The van der Waals surface area contributed by atoms with Crippen molar-refractivity contribution in [1.29, 1.82) is 5.41 Å². The number of aliphatic carboxylic acids is 1. The second kappa shape index (κ2) is 7.92. The van der Waals surface area contributed by atoms with E-state index in [1.807, 2.05) is 24.3 Å². The summed E-state index contributed by atoms with van der Waals surface area (Å²) in [6.45, 7) is 0.337. The lowest BCUT2D eigenvalue weighted by atomic mass is 10.1. The summed E-state index contributed by atoms with van der Waals surface area (Å²) in [5.41, 5.74) is 8.17. The van der Waals surface area contributed by atoms with Gasteiger partial charge >= 0.3 is 5.97 Å². The Labute approximate surface area is 139 Å². The fourth-order valence-corrected chi connectivity index (χ4v) is 2.26. The minimum absolute atomic E-state index is 0.0770. The molecular formula is C18H19N3O3. The Morgan fingerprint density at radius 2 is 1.71 bits per heavy atom. The second-order valence-electron chi connectivity index (χ2n) is 5.39. The van der Waals surface area contributed by atoms with Crippen LogP contribution in [0.5, 0.6) is 0 Å². The van der Waals surface area contributed by atoms with Crippen LogP contribution in [0.4, 0.5) is 0 Å². The summed E-state index contributed by atoms with van der Waals surface area (Å²) in [7, 11) is 0. The van der Waals surface area contributed by atoms with E-state index in [2.05, 4.69) is 5.32 Å². The summed E-state index contributed by atoms with van der Waals surface area (Å²) >= 11 is 0. The fraction of sp³-hybridized carbons (Fsp3) is 0.167. The molecule has 0 saturated carbocycles. The van der Waals surface area contributed by atoms with Crippen molar-refractivity contribution in [3.05, 3.63) is 70.8 Å². The Morgan fingerprint density at radius 3 is 2.42 bits per heavy atom. The molecule has 1 amide bonds. The van der Waals surface area contributed by atoms with Gasteiger partial charge < -0.3 is 16.2 Å². The van der Waals surface area contributed by atoms with Crippen LogP contribution < -0.4 is 11.1 Å². The summed E-state index contributed by atoms with van der Waals surface area (Å²) in [5, 5.41) is 18.9. The van der Waals surface area contributed by atoms with Gasteiger partial charge in [-0.2, -0.15) is 0 Å². The minimum Gasteiger partial charge on any atom is -0.481 e. The number of carbonyl (C=O) groups is 2. The first-order valence-electron chi connectivity index (χ1n) is 7.48. The monoisotopic (exact) mass is 325 g/mol. The first-order chi connectivity index (χ1) is 11.5. The zero-order valence-electron chi connectivity index (χ0n) is 13.1. The summed E-state index contributed by atoms with van der Waals surface area (Å²) in [6.07, 6.45) is 0.533. The number of nitrogens with two attached hydrogens (primary N) is 1. The van der Waals surface area contributed by atoms with Gasteiger partial charge in [0.2, 0.25) is 0 Å². The molecule has 5 N–H and O–H groups in total. The van der Waals surface area contributed by atoms with Crippen LogP contribution in [-0.2, 0) is 17.8 Å². The van der Waals surface area contributed by atoms with E-state index in [1.54, 1.807) is 24.3 Å². The standard InChI is InChI=1S/C18H19N3O3/c19-17(20)14-5-2-6-15(10-14)18(24)21-11-13-4-1-3-12(9-13)7-8-16(22)23/h1-6,9-10H,7-8,11H2,(H3,19,20)(H,21,24)(H,22,23). The van der Waals surface area contributed by atoms with Crippen LogP contribution in [0.15, 0.2) is 48.5 Å². The molecular weight excluding hydrogens is 306 g/mol. The molecule has 0 atom stereocenters. The largest absolute Gasteiger partial charge is 0.481 e. The van der Waals surface area contributed by atoms with Gasteiger partial charge in [0.15, 0.2) is 0 Å². The number of carboxylic acids is 1. The number of aryl methyl sites for hydroxylation is 1. The zero-order chi connectivity index (χ0) is 17.5. The molecule has 0 spiro atoms. The lowest BCUT2D eigenvalue weighted by Crippen LogP contribution is -2.23. The second-order valence-corrected chi connectivity index (χ2v) is 5.39. The predicted molar refractivity (Wildman–Crippen MR) is 91.0 cm³/mol. The highest BCUT2D eigenvalue weighted by molar-refractivity contribution is 5.99. The van der Waals surface area contributed by atoms with Crippen LogP contribution in [0.25, 0.3) is 0 Å². The van der Waals surface area contributed by atoms with Crippen molar-refractivity contribution in [2.45, 2.75) is 19.4 Å². The lowest BCUT2D eigenvalue weighted by molar-refractivity contribution is -0.136. The van der Waals surface area contributed by atoms with Gasteiger partial charge in [-0.3, -0.25) is 15.0 Å². The normalized spacial score (nSPS) is 10.2. The number of nitrogens with one attached hydrogen (secondary N) is 2. The van der Waals surface area contributed by atoms with Crippen LogP contribution in [0.1, 0.15) is 33.5 Å². The summed E-state index contributed by atoms with van der Waals surface area (Å²) < 4.78 is 0. The van der Waals surface area contributed by atoms with Gasteiger partial charge in [0.25, 0.3) is 5.91 Å². The SMILES string of the molecule is N=C(N)c1cccc(C(=O)NCc2cccc(CCC(=O)O)c2)c1. The van der Waals surface area contributed by atoms with Gasteiger partial charge in [-0.1, -0.05) is 36.4 Å². The van der Waals surface area contributed by atoms with Crippen LogP contribution in [0, 0.1) is 5.41 Å². The Kier molecular flexibility index (Phi) is 5.68. The van der Waals surface area contributed by atoms with Gasteiger partial charge in [-0.25, -0.2) is 0 Å². The number of amidine groups is 1. The number of amides is 1. The number of hydrogen-bond acceptors (Lipinski definition) is 3. The van der Waals surface area contributed by atoms with Gasteiger partial charge in [0, 0.05) is 24.1 Å². The topological polar surface area (TPSA) is 116 Å². The average Bonchev–Trinajstić information content (AvgIpc) is 2.58. The third kappa shape index (κ3) is 4.95. The van der Waals surface area contributed by atoms with Gasteiger partial charge in [0.1, 0.15) is 5.84 Å². The maximum absolute atomic E-state index is 12.2. The fourth-order valence-electron chi connectivity index (χ4n) is 2.26. The highest BCUT2D eigenvalue weighted by Crippen LogP contribution is 2.09. The van der Waals surface area contributed by atoms with Crippen molar-refractivity contribution in [1.82, 2.24) is 5.32 Å². The van der Waals surface area contributed by atoms with Crippen molar-refractivity contribution < 1.29 is 14.7 Å².